The molecule has 6 atom stereocenters. The van der Waals surface area contributed by atoms with E-state index < -0.39 is 29.5 Å². The van der Waals surface area contributed by atoms with Crippen molar-refractivity contribution in [2.75, 3.05) is 46.9 Å². The van der Waals surface area contributed by atoms with Crippen molar-refractivity contribution in [3.63, 3.8) is 0 Å². The molecule has 3 amide bonds. The molecule has 344 valence electrons. The van der Waals surface area contributed by atoms with E-state index in [9.17, 15) is 19.2 Å². The molecule has 3 fully saturated rings. The summed E-state index contributed by atoms with van der Waals surface area (Å²) in [5.74, 6) is -0.977. The van der Waals surface area contributed by atoms with E-state index in [4.69, 9.17) is 19.4 Å². The number of likely N-dealkylation sites (tertiary alicyclic amines) is 1. The number of nitrogens with zero attached hydrogens (tertiary/aromatic N) is 6. The van der Waals surface area contributed by atoms with E-state index in [1.54, 1.807) is 13.3 Å². The largest absolute Gasteiger partial charge is 0.464 e. The molecule has 4 aliphatic rings. The van der Waals surface area contributed by atoms with Crippen molar-refractivity contribution >= 4 is 45.9 Å². The standard InChI is InChI=1S/C48H65N9O6S/c1-9-56-39-17-16-30-21-33(39)34(43(56)32-14-10-18-49-41(32)29(4)62-8)23-48(5,6)27-63-47(61)35-15-12-20-57(53-35)46(60)36(22-40-51-38(30)26-64-40)52-44(58)42(28(2)3)55-19-11-13-31(25-55)54(7)45(59)37-24-50-37/h10,14,16-18,21,26,28-29,31,35-37,42,50,53H,9,11-13,15,19-20,22-25,27H2,1-8H3,(H,52,58)/t29-,31+,35-,36-,37-,42?/m0/s1. The quantitative estimate of drug-likeness (QED) is 0.143. The maximum absolute atomic E-state index is 14.7. The highest BCUT2D eigenvalue weighted by molar-refractivity contribution is 7.10. The number of fused-ring (bicyclic) bond motifs is 6. The van der Waals surface area contributed by atoms with Gasteiger partial charge in [-0.05, 0) is 88.2 Å². The molecular formula is C48H65N9O6S. The Morgan fingerprint density at radius 3 is 2.64 bits per heavy atom. The summed E-state index contributed by atoms with van der Waals surface area (Å²) in [5.41, 5.74) is 9.55. The highest BCUT2D eigenvalue weighted by Gasteiger charge is 2.41. The molecule has 0 saturated carbocycles. The average Bonchev–Trinajstić information content (AvgIpc) is 3.97. The number of ether oxygens (including phenoxy) is 2. The minimum atomic E-state index is -0.961. The Bertz CT molecular complexity index is 2370. The van der Waals surface area contributed by atoms with E-state index in [1.165, 1.54) is 16.3 Å². The lowest BCUT2D eigenvalue weighted by Crippen LogP contribution is -2.63. The Morgan fingerprint density at radius 1 is 1.12 bits per heavy atom. The number of methoxy groups -OCH3 is 1. The third-order valence-corrected chi connectivity index (χ3v) is 14.3. The molecule has 0 spiro atoms. The van der Waals surface area contributed by atoms with E-state index >= 15 is 0 Å². The van der Waals surface area contributed by atoms with Crippen molar-refractivity contribution in [3.05, 3.63) is 58.2 Å². The van der Waals surface area contributed by atoms with Gasteiger partial charge in [-0.3, -0.25) is 34.1 Å². The summed E-state index contributed by atoms with van der Waals surface area (Å²) in [6.07, 6.45) is 5.15. The lowest BCUT2D eigenvalue weighted by molar-refractivity contribution is -0.155. The normalized spacial score (nSPS) is 23.9. The van der Waals surface area contributed by atoms with Gasteiger partial charge in [0.15, 0.2) is 0 Å². The predicted octanol–water partition coefficient (Wildman–Crippen LogP) is 5.12. The number of likely N-dealkylation sites (N-methyl/N-ethyl adjacent to an activating group) is 1. The first kappa shape index (κ1) is 45.8. The first-order valence-electron chi connectivity index (χ1n) is 23.0. The molecular weight excluding hydrogens is 831 g/mol. The molecule has 7 heterocycles. The fourth-order valence-electron chi connectivity index (χ4n) is 9.92. The van der Waals surface area contributed by atoms with Crippen molar-refractivity contribution in [1.29, 1.82) is 0 Å². The monoisotopic (exact) mass is 895 g/mol. The number of carbonyl (C=O) groups excluding carboxylic acids is 4. The zero-order valence-electron chi connectivity index (χ0n) is 38.6. The second-order valence-corrected chi connectivity index (χ2v) is 20.1. The molecule has 1 aromatic carbocycles. The zero-order valence-corrected chi connectivity index (χ0v) is 39.4. The fourth-order valence-corrected chi connectivity index (χ4v) is 10.8. The first-order valence-corrected chi connectivity index (χ1v) is 23.9. The van der Waals surface area contributed by atoms with Gasteiger partial charge >= 0.3 is 5.97 Å². The lowest BCUT2D eigenvalue weighted by atomic mass is 9.84. The highest BCUT2D eigenvalue weighted by atomic mass is 32.1. The van der Waals surface area contributed by atoms with Crippen LogP contribution < -0.4 is 16.1 Å². The van der Waals surface area contributed by atoms with Gasteiger partial charge in [-0.15, -0.1) is 11.3 Å². The van der Waals surface area contributed by atoms with Crippen LogP contribution in [0, 0.1) is 11.3 Å². The van der Waals surface area contributed by atoms with Crippen molar-refractivity contribution in [1.82, 2.24) is 45.4 Å². The van der Waals surface area contributed by atoms with Gasteiger partial charge in [0.1, 0.15) is 12.1 Å². The second-order valence-electron chi connectivity index (χ2n) is 19.2. The van der Waals surface area contributed by atoms with Crippen LogP contribution in [-0.4, -0.2) is 130 Å². The summed E-state index contributed by atoms with van der Waals surface area (Å²) in [6.45, 7) is 15.7. The number of hydrogen-bond acceptors (Lipinski definition) is 12. The Balaban J connectivity index is 1.16. The number of aromatic nitrogens is 3. The van der Waals surface area contributed by atoms with Gasteiger partial charge in [0.25, 0.3) is 5.91 Å². The van der Waals surface area contributed by atoms with Crippen LogP contribution in [0.2, 0.25) is 0 Å². The Morgan fingerprint density at radius 2 is 1.91 bits per heavy atom. The van der Waals surface area contributed by atoms with E-state index in [1.807, 2.05) is 44.2 Å². The number of carbonyl (C=O) groups is 4. The van der Waals surface area contributed by atoms with E-state index in [2.05, 4.69) is 70.6 Å². The van der Waals surface area contributed by atoms with Gasteiger partial charge in [0, 0.05) is 91.8 Å². The number of rotatable bonds is 10. The second kappa shape index (κ2) is 19.0. The number of nitrogens with one attached hydrogen (secondary N) is 3. The van der Waals surface area contributed by atoms with Crippen LogP contribution in [0.4, 0.5) is 0 Å². The highest BCUT2D eigenvalue weighted by Crippen LogP contribution is 2.42. The van der Waals surface area contributed by atoms with Crippen LogP contribution in [0.1, 0.15) is 89.6 Å². The van der Waals surface area contributed by atoms with E-state index in [0.29, 0.717) is 57.0 Å². The molecule has 16 heteroatoms. The number of aryl methyl sites for hydroxylation is 1. The molecule has 1 unspecified atom stereocenters. The summed E-state index contributed by atoms with van der Waals surface area (Å²) < 4.78 is 14.3. The summed E-state index contributed by atoms with van der Waals surface area (Å²) in [5, 5.41) is 11.6. The van der Waals surface area contributed by atoms with Gasteiger partial charge in [0.2, 0.25) is 11.8 Å². The third kappa shape index (κ3) is 9.48. The molecule has 64 heavy (non-hydrogen) atoms. The van der Waals surface area contributed by atoms with Crippen molar-refractivity contribution < 1.29 is 28.7 Å². The van der Waals surface area contributed by atoms with Gasteiger partial charge in [0.05, 0.1) is 46.9 Å². The first-order chi connectivity index (χ1) is 30.7. The fraction of sp³-hybridized carbons (Fsp3) is 0.583. The van der Waals surface area contributed by atoms with Crippen LogP contribution in [0.3, 0.4) is 0 Å². The van der Waals surface area contributed by atoms with Gasteiger partial charge in [-0.2, -0.15) is 0 Å². The Kier molecular flexibility index (Phi) is 13.6. The Labute approximate surface area is 380 Å². The number of amides is 3. The molecule has 4 aromatic rings. The molecule has 3 aromatic heterocycles. The van der Waals surface area contributed by atoms with Crippen LogP contribution in [-0.2, 0) is 48.0 Å². The lowest BCUT2D eigenvalue weighted by Gasteiger charge is -2.42. The number of esters is 1. The zero-order chi connectivity index (χ0) is 45.4. The SMILES string of the molecule is CCn1c(-c2cccnc2[C@H](C)OC)c2c3cc(ccc31)-c1csc(n1)C[C@H](NC(=O)C(C(C)C)N1CCC[C@@H](N(C)C(=O)[C@@H]3CN3)C1)C(=O)N1CCC[C@H](N1)C(=O)OCC(C)(C)C2. The summed E-state index contributed by atoms with van der Waals surface area (Å²) >= 11 is 1.46. The summed E-state index contributed by atoms with van der Waals surface area (Å²) in [6, 6.07) is 8.17. The molecule has 4 aliphatic heterocycles. The van der Waals surface area contributed by atoms with Crippen LogP contribution in [0.5, 0.6) is 0 Å². The topological polar surface area (TPSA) is 173 Å². The molecule has 0 radical (unpaired) electrons. The van der Waals surface area contributed by atoms with Crippen LogP contribution in [0.15, 0.2) is 41.9 Å². The maximum atomic E-state index is 14.7. The molecule has 6 bridgehead atoms. The maximum Gasteiger partial charge on any atom is 0.324 e. The number of cyclic esters (lactones) is 1. The number of piperidine rings is 1. The van der Waals surface area contributed by atoms with Gasteiger partial charge < -0.3 is 29.6 Å². The number of hydrazine groups is 1. The number of hydrogen-bond donors (Lipinski definition) is 3. The van der Waals surface area contributed by atoms with Gasteiger partial charge in [-0.25, -0.2) is 10.4 Å². The third-order valence-electron chi connectivity index (χ3n) is 13.5. The molecule has 3 N–H and O–H groups in total. The molecule has 8 rings (SSSR count). The Hall–Kier alpha value is -4.74. The van der Waals surface area contributed by atoms with Crippen molar-refractivity contribution in [2.24, 2.45) is 11.3 Å². The van der Waals surface area contributed by atoms with Crippen molar-refractivity contribution in [2.45, 2.75) is 123 Å². The minimum absolute atomic E-state index is 0.0152. The van der Waals surface area contributed by atoms with Gasteiger partial charge in [-0.1, -0.05) is 33.8 Å². The molecule has 3 saturated heterocycles. The molecule has 0 aliphatic carbocycles. The van der Waals surface area contributed by atoms with Crippen LogP contribution in [0.25, 0.3) is 33.4 Å². The summed E-state index contributed by atoms with van der Waals surface area (Å²) in [7, 11) is 3.55. The average molecular weight is 896 g/mol. The number of pyridine rings is 1. The van der Waals surface area contributed by atoms with E-state index in [-0.39, 0.29) is 54.9 Å². The van der Waals surface area contributed by atoms with E-state index in [0.717, 1.165) is 57.5 Å². The van der Waals surface area contributed by atoms with Crippen LogP contribution >= 0.6 is 11.3 Å². The van der Waals surface area contributed by atoms with Crippen molar-refractivity contribution in [3.8, 4) is 22.5 Å². The number of benzene rings is 1. The minimum Gasteiger partial charge on any atom is -0.464 e. The number of thiazole rings is 1. The smallest absolute Gasteiger partial charge is 0.324 e. The summed E-state index contributed by atoms with van der Waals surface area (Å²) in [4.78, 5) is 70.1. The molecule has 15 nitrogen and oxygen atoms in total. The predicted molar refractivity (Wildman–Crippen MR) is 247 cm³/mol.